The molecule has 0 unspecified atom stereocenters. The Bertz CT molecular complexity index is 470. The van der Waals surface area contributed by atoms with E-state index >= 15 is 0 Å². The van der Waals surface area contributed by atoms with Crippen LogP contribution in [0.4, 0.5) is 11.5 Å². The topological polar surface area (TPSA) is 68.5 Å². The first-order valence-electron chi connectivity index (χ1n) is 6.69. The van der Waals surface area contributed by atoms with Gasteiger partial charge in [-0.15, -0.1) is 0 Å². The molecule has 1 saturated heterocycles. The van der Waals surface area contributed by atoms with Crippen molar-refractivity contribution in [2.24, 2.45) is 5.92 Å². The highest BCUT2D eigenvalue weighted by atomic mass is 16.6. The lowest BCUT2D eigenvalue weighted by atomic mass is 10.1. The van der Waals surface area contributed by atoms with E-state index in [0.29, 0.717) is 17.8 Å². The molecule has 19 heavy (non-hydrogen) atoms. The van der Waals surface area contributed by atoms with E-state index in [-0.39, 0.29) is 10.6 Å². The van der Waals surface area contributed by atoms with Crippen LogP contribution in [-0.4, -0.2) is 35.7 Å². The maximum absolute atomic E-state index is 11.1. The Hall–Kier alpha value is -1.69. The number of hydrogen-bond acceptors (Lipinski definition) is 5. The van der Waals surface area contributed by atoms with Gasteiger partial charge in [0.25, 0.3) is 0 Å². The molecule has 1 aromatic rings. The Balaban J connectivity index is 1.84. The fourth-order valence-electron chi connectivity index (χ4n) is 2.55. The molecular weight excluding hydrogens is 246 g/mol. The monoisotopic (exact) mass is 263 g/mol. The quantitative estimate of drug-likeness (QED) is 0.600. The molecule has 1 aliphatic heterocycles. The molecule has 0 spiro atoms. The summed E-state index contributed by atoms with van der Waals surface area (Å²) in [6.45, 7) is 2.36. The molecule has 0 aromatic carbocycles. The molecular formula is C13H17N3O3. The van der Waals surface area contributed by atoms with Crippen LogP contribution in [0.5, 0.6) is 0 Å². The van der Waals surface area contributed by atoms with Gasteiger partial charge in [-0.3, -0.25) is 10.1 Å². The Labute approximate surface area is 111 Å². The molecule has 2 aliphatic rings. The molecule has 0 amide bonds. The van der Waals surface area contributed by atoms with E-state index < -0.39 is 0 Å². The minimum Gasteiger partial charge on any atom is -0.381 e. The van der Waals surface area contributed by atoms with E-state index in [1.165, 1.54) is 6.07 Å². The second-order valence-electron chi connectivity index (χ2n) is 5.22. The van der Waals surface area contributed by atoms with Gasteiger partial charge >= 0.3 is 5.69 Å². The van der Waals surface area contributed by atoms with Crippen LogP contribution in [0.1, 0.15) is 19.3 Å². The standard InChI is InChI=1S/C13H17N3O3/c17-16(18)12-2-1-6-14-13(12)15(11-3-4-11)8-10-5-7-19-9-10/h1-2,6,10-11H,3-5,7-9H2/t10-/m0/s1. The molecule has 0 radical (unpaired) electrons. The van der Waals surface area contributed by atoms with Crippen molar-refractivity contribution in [3.63, 3.8) is 0 Å². The van der Waals surface area contributed by atoms with Crippen LogP contribution in [-0.2, 0) is 4.74 Å². The summed E-state index contributed by atoms with van der Waals surface area (Å²) in [5.74, 6) is 0.976. The number of nitro groups is 1. The Morgan fingerprint density at radius 3 is 2.95 bits per heavy atom. The zero-order valence-electron chi connectivity index (χ0n) is 10.7. The molecule has 2 heterocycles. The number of ether oxygens (including phenoxy) is 1. The third kappa shape index (κ3) is 2.68. The molecule has 6 nitrogen and oxygen atoms in total. The van der Waals surface area contributed by atoms with E-state index in [1.807, 2.05) is 0 Å². The van der Waals surface area contributed by atoms with Gasteiger partial charge in [-0.2, -0.15) is 0 Å². The fourth-order valence-corrected chi connectivity index (χ4v) is 2.55. The molecule has 102 valence electrons. The normalized spacial score (nSPS) is 22.4. The van der Waals surface area contributed by atoms with Crippen molar-refractivity contribution in [2.45, 2.75) is 25.3 Å². The van der Waals surface area contributed by atoms with Crippen molar-refractivity contribution in [1.82, 2.24) is 4.98 Å². The van der Waals surface area contributed by atoms with Gasteiger partial charge in [0.15, 0.2) is 0 Å². The summed E-state index contributed by atoms with van der Waals surface area (Å²) in [5, 5.41) is 11.1. The van der Waals surface area contributed by atoms with Gasteiger partial charge in [-0.05, 0) is 25.3 Å². The van der Waals surface area contributed by atoms with E-state index in [2.05, 4.69) is 9.88 Å². The van der Waals surface area contributed by atoms with Crippen LogP contribution in [0.25, 0.3) is 0 Å². The summed E-state index contributed by atoms with van der Waals surface area (Å²) < 4.78 is 5.39. The molecule has 0 N–H and O–H groups in total. The molecule has 1 saturated carbocycles. The van der Waals surface area contributed by atoms with Crippen LogP contribution in [0.3, 0.4) is 0 Å². The van der Waals surface area contributed by atoms with Crippen molar-refractivity contribution >= 4 is 11.5 Å². The summed E-state index contributed by atoms with van der Waals surface area (Å²) in [6, 6.07) is 3.56. The van der Waals surface area contributed by atoms with Gasteiger partial charge in [0, 0.05) is 37.4 Å². The van der Waals surface area contributed by atoms with Crippen molar-refractivity contribution in [1.29, 1.82) is 0 Å². The maximum atomic E-state index is 11.1. The average molecular weight is 263 g/mol. The van der Waals surface area contributed by atoms with Gasteiger partial charge in [0.05, 0.1) is 11.5 Å². The van der Waals surface area contributed by atoms with Crippen LogP contribution in [0.15, 0.2) is 18.3 Å². The number of anilines is 1. The minimum absolute atomic E-state index is 0.105. The molecule has 2 fully saturated rings. The molecule has 3 rings (SSSR count). The van der Waals surface area contributed by atoms with Crippen LogP contribution in [0.2, 0.25) is 0 Å². The van der Waals surface area contributed by atoms with Gasteiger partial charge in [0.2, 0.25) is 5.82 Å². The third-order valence-electron chi connectivity index (χ3n) is 3.70. The van der Waals surface area contributed by atoms with Crippen LogP contribution < -0.4 is 4.90 Å². The maximum Gasteiger partial charge on any atom is 0.311 e. The number of aromatic nitrogens is 1. The lowest BCUT2D eigenvalue weighted by molar-refractivity contribution is -0.384. The molecule has 1 aromatic heterocycles. The second-order valence-corrected chi connectivity index (χ2v) is 5.22. The summed E-state index contributed by atoms with van der Waals surface area (Å²) in [6.07, 6.45) is 4.86. The lowest BCUT2D eigenvalue weighted by Crippen LogP contribution is -2.33. The largest absolute Gasteiger partial charge is 0.381 e. The smallest absolute Gasteiger partial charge is 0.311 e. The average Bonchev–Trinajstić information content (AvgIpc) is 3.13. The summed E-state index contributed by atoms with van der Waals surface area (Å²) in [4.78, 5) is 17.1. The highest BCUT2D eigenvalue weighted by Crippen LogP contribution is 2.36. The summed E-state index contributed by atoms with van der Waals surface area (Å²) >= 11 is 0. The van der Waals surface area contributed by atoms with E-state index in [9.17, 15) is 10.1 Å². The first-order chi connectivity index (χ1) is 9.25. The number of hydrogen-bond donors (Lipinski definition) is 0. The van der Waals surface area contributed by atoms with Crippen LogP contribution >= 0.6 is 0 Å². The first-order valence-corrected chi connectivity index (χ1v) is 6.69. The predicted octanol–water partition coefficient (Wildman–Crippen LogP) is 2.00. The minimum atomic E-state index is -0.344. The van der Waals surface area contributed by atoms with Crippen molar-refractivity contribution in [3.05, 3.63) is 28.4 Å². The van der Waals surface area contributed by atoms with Gasteiger partial charge in [-0.1, -0.05) is 0 Å². The van der Waals surface area contributed by atoms with E-state index in [1.54, 1.807) is 12.3 Å². The lowest BCUT2D eigenvalue weighted by Gasteiger charge is -2.25. The molecule has 1 aliphatic carbocycles. The first kappa shape index (κ1) is 12.3. The Kier molecular flexibility index (Phi) is 3.33. The second kappa shape index (κ2) is 5.13. The molecule has 0 bridgehead atoms. The van der Waals surface area contributed by atoms with Gasteiger partial charge < -0.3 is 9.64 Å². The SMILES string of the molecule is O=[N+]([O-])c1cccnc1N(C[C@@H]1CCOC1)C1CC1. The number of nitrogens with zero attached hydrogens (tertiary/aromatic N) is 3. The third-order valence-corrected chi connectivity index (χ3v) is 3.70. The predicted molar refractivity (Wildman–Crippen MR) is 70.2 cm³/mol. The van der Waals surface area contributed by atoms with Crippen molar-refractivity contribution in [2.75, 3.05) is 24.7 Å². The summed E-state index contributed by atoms with van der Waals surface area (Å²) in [5.41, 5.74) is 0.105. The Morgan fingerprint density at radius 1 is 1.47 bits per heavy atom. The zero-order chi connectivity index (χ0) is 13.2. The summed E-state index contributed by atoms with van der Waals surface area (Å²) in [7, 11) is 0. The van der Waals surface area contributed by atoms with Crippen LogP contribution in [0, 0.1) is 16.0 Å². The van der Waals surface area contributed by atoms with Gasteiger partial charge in [-0.25, -0.2) is 4.98 Å². The van der Waals surface area contributed by atoms with Gasteiger partial charge in [0.1, 0.15) is 0 Å². The van der Waals surface area contributed by atoms with E-state index in [4.69, 9.17) is 4.74 Å². The molecule has 6 heteroatoms. The van der Waals surface area contributed by atoms with Crippen molar-refractivity contribution in [3.8, 4) is 0 Å². The van der Waals surface area contributed by atoms with E-state index in [0.717, 1.165) is 39.0 Å². The highest BCUT2D eigenvalue weighted by Gasteiger charge is 2.35. The number of rotatable bonds is 5. The Morgan fingerprint density at radius 2 is 2.32 bits per heavy atom. The molecule has 1 atom stereocenters. The fraction of sp³-hybridized carbons (Fsp3) is 0.615. The highest BCUT2D eigenvalue weighted by molar-refractivity contribution is 5.58. The zero-order valence-corrected chi connectivity index (χ0v) is 10.7. The van der Waals surface area contributed by atoms with Crippen molar-refractivity contribution < 1.29 is 9.66 Å². The number of pyridine rings is 1.